The Morgan fingerprint density at radius 1 is 1.09 bits per heavy atom. The van der Waals surface area contributed by atoms with Gasteiger partial charge in [-0.1, -0.05) is 36.0 Å². The number of carbonyl (C=O) groups excluding carboxylic acids is 1. The van der Waals surface area contributed by atoms with Crippen molar-refractivity contribution in [1.82, 2.24) is 19.7 Å². The molecule has 0 aliphatic rings. The van der Waals surface area contributed by atoms with E-state index in [1.165, 1.54) is 11.8 Å². The number of para-hydroxylation sites is 1. The number of rotatable bonds is 6. The summed E-state index contributed by atoms with van der Waals surface area (Å²) in [4.78, 5) is 16.9. The number of hydrogen-bond acceptors (Lipinski definition) is 6. The number of thioether (sulfide) groups is 1. The molecule has 0 aliphatic carbocycles. The zero-order valence-electron chi connectivity index (χ0n) is 17.6. The highest BCUT2D eigenvalue weighted by Gasteiger charge is 2.22. The molecule has 4 aromatic rings. The molecule has 7 nitrogen and oxygen atoms in total. The molecule has 0 spiro atoms. The Balaban J connectivity index is 1.65. The Morgan fingerprint density at radius 3 is 2.62 bits per heavy atom. The van der Waals surface area contributed by atoms with Crippen LogP contribution in [0.4, 0.5) is 5.69 Å². The average Bonchev–Trinajstić information content (AvgIpc) is 3.23. The summed E-state index contributed by atoms with van der Waals surface area (Å²) in [5.74, 6) is 0.494. The van der Waals surface area contributed by atoms with Gasteiger partial charge in [-0.05, 0) is 55.8 Å². The van der Waals surface area contributed by atoms with Gasteiger partial charge in [-0.3, -0.25) is 14.3 Å². The van der Waals surface area contributed by atoms with E-state index in [0.29, 0.717) is 22.2 Å². The first-order chi connectivity index (χ1) is 15.6. The van der Waals surface area contributed by atoms with Crippen LogP contribution in [0.3, 0.4) is 0 Å². The molecule has 1 atom stereocenters. The summed E-state index contributed by atoms with van der Waals surface area (Å²) < 4.78 is 1.97. The van der Waals surface area contributed by atoms with E-state index in [2.05, 4.69) is 26.6 Å². The lowest BCUT2D eigenvalue weighted by Gasteiger charge is -2.15. The maximum atomic E-state index is 12.8. The van der Waals surface area contributed by atoms with Crippen molar-refractivity contribution in [2.24, 2.45) is 0 Å². The maximum Gasteiger partial charge on any atom is 0.237 e. The lowest BCUT2D eigenvalue weighted by Crippen LogP contribution is -2.23. The number of hydrogen-bond donors (Lipinski definition) is 1. The van der Waals surface area contributed by atoms with Crippen molar-refractivity contribution in [1.29, 1.82) is 5.26 Å². The van der Waals surface area contributed by atoms with Gasteiger partial charge in [-0.25, -0.2) is 0 Å². The smallest absolute Gasteiger partial charge is 0.237 e. The molecule has 0 aliphatic heterocycles. The fourth-order valence-corrected chi connectivity index (χ4v) is 4.05. The standard InChI is InChI=1S/C24H20N6OS/c1-16-6-3-4-9-21(16)30-22(19-10-12-26-13-11-19)28-29-24(30)32-17(2)23(31)27-20-8-5-7-18(14-20)15-25/h3-14,17H,1-2H3,(H,27,31). The molecule has 2 heterocycles. The van der Waals surface area contributed by atoms with Gasteiger partial charge in [-0.2, -0.15) is 5.26 Å². The van der Waals surface area contributed by atoms with Crippen molar-refractivity contribution >= 4 is 23.4 Å². The number of nitrogens with zero attached hydrogens (tertiary/aromatic N) is 5. The van der Waals surface area contributed by atoms with Crippen LogP contribution >= 0.6 is 11.8 Å². The number of anilines is 1. The third-order valence-electron chi connectivity index (χ3n) is 4.84. The summed E-state index contributed by atoms with van der Waals surface area (Å²) in [7, 11) is 0. The minimum absolute atomic E-state index is 0.185. The summed E-state index contributed by atoms with van der Waals surface area (Å²) >= 11 is 1.32. The van der Waals surface area contributed by atoms with E-state index < -0.39 is 5.25 Å². The molecule has 32 heavy (non-hydrogen) atoms. The molecule has 0 saturated carbocycles. The summed E-state index contributed by atoms with van der Waals surface area (Å²) in [6.07, 6.45) is 3.43. The van der Waals surface area contributed by atoms with Crippen LogP contribution in [0, 0.1) is 18.3 Å². The van der Waals surface area contributed by atoms with Gasteiger partial charge in [0.2, 0.25) is 5.91 Å². The second-order valence-electron chi connectivity index (χ2n) is 7.11. The number of nitrogens with one attached hydrogen (secondary N) is 1. The SMILES string of the molecule is Cc1ccccc1-n1c(SC(C)C(=O)Nc2cccc(C#N)c2)nnc1-c1ccncc1. The van der Waals surface area contributed by atoms with Crippen LogP contribution in [0.1, 0.15) is 18.1 Å². The minimum Gasteiger partial charge on any atom is -0.325 e. The van der Waals surface area contributed by atoms with Crippen LogP contribution in [-0.2, 0) is 4.79 Å². The number of nitriles is 1. The molecule has 2 aromatic carbocycles. The minimum atomic E-state index is -0.446. The number of benzene rings is 2. The van der Waals surface area contributed by atoms with Crippen molar-refractivity contribution in [2.75, 3.05) is 5.32 Å². The topological polar surface area (TPSA) is 96.5 Å². The number of amides is 1. The van der Waals surface area contributed by atoms with Crippen LogP contribution in [-0.4, -0.2) is 30.9 Å². The van der Waals surface area contributed by atoms with Crippen LogP contribution in [0.15, 0.2) is 78.2 Å². The molecular weight excluding hydrogens is 420 g/mol. The second kappa shape index (κ2) is 9.45. The molecule has 0 bridgehead atoms. The van der Waals surface area contributed by atoms with Gasteiger partial charge in [-0.15, -0.1) is 10.2 Å². The first kappa shape index (κ1) is 21.3. The summed E-state index contributed by atoms with van der Waals surface area (Å²) in [5.41, 5.74) is 3.97. The molecule has 158 valence electrons. The van der Waals surface area contributed by atoms with E-state index in [4.69, 9.17) is 5.26 Å². The molecule has 1 unspecified atom stereocenters. The van der Waals surface area contributed by atoms with Gasteiger partial charge in [0.05, 0.1) is 22.6 Å². The van der Waals surface area contributed by atoms with Gasteiger partial charge in [0.1, 0.15) is 0 Å². The Kier molecular flexibility index (Phi) is 6.29. The van der Waals surface area contributed by atoms with Gasteiger partial charge >= 0.3 is 0 Å². The van der Waals surface area contributed by atoms with Gasteiger partial charge in [0.25, 0.3) is 0 Å². The predicted molar refractivity (Wildman–Crippen MR) is 124 cm³/mol. The monoisotopic (exact) mass is 440 g/mol. The van der Waals surface area contributed by atoms with Gasteiger partial charge < -0.3 is 5.32 Å². The summed E-state index contributed by atoms with van der Waals surface area (Å²) in [5, 5.41) is 20.9. The van der Waals surface area contributed by atoms with E-state index in [1.807, 2.05) is 54.8 Å². The first-order valence-electron chi connectivity index (χ1n) is 9.96. The van der Waals surface area contributed by atoms with E-state index in [0.717, 1.165) is 16.8 Å². The highest BCUT2D eigenvalue weighted by atomic mass is 32.2. The lowest BCUT2D eigenvalue weighted by molar-refractivity contribution is -0.115. The van der Waals surface area contributed by atoms with Gasteiger partial charge in [0.15, 0.2) is 11.0 Å². The average molecular weight is 441 g/mol. The molecule has 0 fully saturated rings. The Bertz CT molecular complexity index is 1300. The summed E-state index contributed by atoms with van der Waals surface area (Å²) in [6.45, 7) is 3.84. The summed E-state index contributed by atoms with van der Waals surface area (Å²) in [6, 6.07) is 20.6. The molecule has 0 saturated heterocycles. The number of aromatic nitrogens is 4. The third kappa shape index (κ3) is 4.53. The Morgan fingerprint density at radius 2 is 1.88 bits per heavy atom. The highest BCUT2D eigenvalue weighted by Crippen LogP contribution is 2.31. The number of carbonyl (C=O) groups is 1. The lowest BCUT2D eigenvalue weighted by atomic mass is 10.2. The zero-order chi connectivity index (χ0) is 22.5. The van der Waals surface area contributed by atoms with E-state index in [9.17, 15) is 4.79 Å². The van der Waals surface area contributed by atoms with Crippen LogP contribution in [0.25, 0.3) is 17.1 Å². The third-order valence-corrected chi connectivity index (χ3v) is 5.88. The molecule has 8 heteroatoms. The molecule has 0 radical (unpaired) electrons. The quantitative estimate of drug-likeness (QED) is 0.439. The largest absolute Gasteiger partial charge is 0.325 e. The fraction of sp³-hybridized carbons (Fsp3) is 0.125. The molecular formula is C24H20N6OS. The Labute approximate surface area is 190 Å². The fourth-order valence-electron chi connectivity index (χ4n) is 3.19. The molecule has 1 N–H and O–H groups in total. The van der Waals surface area contributed by atoms with Crippen molar-refractivity contribution in [3.63, 3.8) is 0 Å². The van der Waals surface area contributed by atoms with Crippen molar-refractivity contribution < 1.29 is 4.79 Å². The van der Waals surface area contributed by atoms with Crippen molar-refractivity contribution in [2.45, 2.75) is 24.3 Å². The van der Waals surface area contributed by atoms with Gasteiger partial charge in [0, 0.05) is 23.6 Å². The highest BCUT2D eigenvalue weighted by molar-refractivity contribution is 8.00. The van der Waals surface area contributed by atoms with Crippen LogP contribution in [0.5, 0.6) is 0 Å². The first-order valence-corrected chi connectivity index (χ1v) is 10.8. The number of pyridine rings is 1. The molecule has 4 rings (SSSR count). The van der Waals surface area contributed by atoms with E-state index in [1.54, 1.807) is 36.7 Å². The molecule has 2 aromatic heterocycles. The van der Waals surface area contributed by atoms with E-state index in [-0.39, 0.29) is 5.91 Å². The van der Waals surface area contributed by atoms with Crippen molar-refractivity contribution in [3.05, 3.63) is 84.2 Å². The number of aryl methyl sites for hydroxylation is 1. The Hall–Kier alpha value is -3.96. The zero-order valence-corrected chi connectivity index (χ0v) is 18.4. The van der Waals surface area contributed by atoms with E-state index >= 15 is 0 Å². The van der Waals surface area contributed by atoms with Crippen LogP contribution in [0.2, 0.25) is 0 Å². The second-order valence-corrected chi connectivity index (χ2v) is 8.41. The molecule has 1 amide bonds. The normalized spacial score (nSPS) is 11.5. The predicted octanol–water partition coefficient (Wildman–Crippen LogP) is 4.63. The maximum absolute atomic E-state index is 12.8. The van der Waals surface area contributed by atoms with Crippen molar-refractivity contribution in [3.8, 4) is 23.1 Å². The van der Waals surface area contributed by atoms with Crippen LogP contribution < -0.4 is 5.32 Å².